The summed E-state index contributed by atoms with van der Waals surface area (Å²) in [4.78, 5) is 7.11. The molecule has 5 nitrogen and oxygen atoms in total. The molecule has 26 heavy (non-hydrogen) atoms. The second-order valence-electron chi connectivity index (χ2n) is 6.54. The van der Waals surface area contributed by atoms with Gasteiger partial charge in [-0.1, -0.05) is 24.3 Å². The molecule has 0 spiro atoms. The van der Waals surface area contributed by atoms with Crippen LogP contribution in [0.3, 0.4) is 0 Å². The van der Waals surface area contributed by atoms with Crippen molar-refractivity contribution in [1.29, 1.82) is 0 Å². The van der Waals surface area contributed by atoms with Crippen molar-refractivity contribution >= 4 is 5.96 Å². The number of aliphatic imine (C=N–C) groups is 1. The highest BCUT2D eigenvalue weighted by Crippen LogP contribution is 2.28. The van der Waals surface area contributed by atoms with Gasteiger partial charge in [-0.3, -0.25) is 0 Å². The van der Waals surface area contributed by atoms with Gasteiger partial charge in [-0.25, -0.2) is 4.99 Å². The maximum Gasteiger partial charge on any atom is 0.194 e. The Hall–Kier alpha value is -2.69. The number of aromatic hydroxyl groups is 1. The largest absolute Gasteiger partial charge is 0.508 e. The first-order chi connectivity index (χ1) is 12.7. The highest BCUT2D eigenvalue weighted by molar-refractivity contribution is 5.80. The molecule has 1 heterocycles. The van der Waals surface area contributed by atoms with Gasteiger partial charge in [0.1, 0.15) is 11.5 Å². The van der Waals surface area contributed by atoms with Gasteiger partial charge in [0.05, 0.1) is 13.7 Å². The summed E-state index contributed by atoms with van der Waals surface area (Å²) in [5.41, 5.74) is 2.44. The fourth-order valence-electron chi connectivity index (χ4n) is 3.29. The average molecular weight is 353 g/mol. The van der Waals surface area contributed by atoms with Crippen molar-refractivity contribution in [2.24, 2.45) is 4.99 Å². The van der Waals surface area contributed by atoms with Crippen molar-refractivity contribution in [2.75, 3.05) is 26.7 Å². The molecule has 0 amide bonds. The first-order valence-electron chi connectivity index (χ1n) is 9.14. The van der Waals surface area contributed by atoms with Gasteiger partial charge in [-0.15, -0.1) is 0 Å². The van der Waals surface area contributed by atoms with Crippen molar-refractivity contribution in [3.8, 4) is 11.5 Å². The minimum atomic E-state index is 0.284. The Balaban J connectivity index is 1.66. The number of methoxy groups -OCH3 is 1. The zero-order valence-corrected chi connectivity index (χ0v) is 15.5. The van der Waals surface area contributed by atoms with E-state index in [9.17, 15) is 5.11 Å². The maximum absolute atomic E-state index is 9.40. The Morgan fingerprint density at radius 2 is 1.92 bits per heavy atom. The number of hydrogen-bond acceptors (Lipinski definition) is 3. The molecule has 1 saturated heterocycles. The van der Waals surface area contributed by atoms with Crippen LogP contribution in [-0.2, 0) is 6.54 Å². The molecule has 1 aliphatic heterocycles. The normalized spacial score (nSPS) is 17.4. The first-order valence-corrected chi connectivity index (χ1v) is 9.14. The Bertz CT molecular complexity index is 726. The summed E-state index contributed by atoms with van der Waals surface area (Å²) < 4.78 is 5.25. The number of hydrogen-bond donors (Lipinski definition) is 2. The smallest absolute Gasteiger partial charge is 0.194 e. The van der Waals surface area contributed by atoms with Crippen LogP contribution in [0, 0.1) is 0 Å². The second kappa shape index (κ2) is 8.61. The topological polar surface area (TPSA) is 57.1 Å². The molecule has 2 aromatic rings. The molecule has 0 radical (unpaired) electrons. The van der Waals surface area contributed by atoms with E-state index in [1.165, 1.54) is 5.56 Å². The zero-order chi connectivity index (χ0) is 18.4. The molecule has 3 rings (SSSR count). The molecule has 1 aliphatic rings. The molecule has 0 aliphatic carbocycles. The number of guanidine groups is 1. The van der Waals surface area contributed by atoms with Crippen LogP contribution >= 0.6 is 0 Å². The van der Waals surface area contributed by atoms with Gasteiger partial charge in [-0.05, 0) is 48.7 Å². The van der Waals surface area contributed by atoms with Crippen LogP contribution in [0.15, 0.2) is 53.5 Å². The molecule has 1 fully saturated rings. The van der Waals surface area contributed by atoms with Crippen molar-refractivity contribution < 1.29 is 9.84 Å². The van der Waals surface area contributed by atoms with Crippen LogP contribution < -0.4 is 10.1 Å². The van der Waals surface area contributed by atoms with Crippen LogP contribution in [0.25, 0.3) is 0 Å². The molecule has 0 saturated carbocycles. The van der Waals surface area contributed by atoms with Crippen LogP contribution in [0.1, 0.15) is 30.4 Å². The van der Waals surface area contributed by atoms with Gasteiger partial charge in [0.25, 0.3) is 0 Å². The Morgan fingerprint density at radius 3 is 2.58 bits per heavy atom. The lowest BCUT2D eigenvalue weighted by Gasteiger charge is -2.22. The highest BCUT2D eigenvalue weighted by atomic mass is 16.5. The summed E-state index contributed by atoms with van der Waals surface area (Å²) in [5, 5.41) is 12.8. The van der Waals surface area contributed by atoms with E-state index >= 15 is 0 Å². The van der Waals surface area contributed by atoms with Gasteiger partial charge in [0, 0.05) is 25.6 Å². The van der Waals surface area contributed by atoms with Gasteiger partial charge in [0.2, 0.25) is 0 Å². The molecule has 2 aromatic carbocycles. The number of nitrogens with zero attached hydrogens (tertiary/aromatic N) is 2. The number of phenolic OH excluding ortho intramolecular Hbond substituents is 1. The number of rotatable bonds is 5. The van der Waals surface area contributed by atoms with Crippen LogP contribution in [0.4, 0.5) is 0 Å². The summed E-state index contributed by atoms with van der Waals surface area (Å²) in [7, 11) is 1.69. The highest BCUT2D eigenvalue weighted by Gasteiger charge is 2.26. The quantitative estimate of drug-likeness (QED) is 0.639. The van der Waals surface area contributed by atoms with Crippen molar-refractivity contribution in [3.63, 3.8) is 0 Å². The molecule has 2 N–H and O–H groups in total. The minimum absolute atomic E-state index is 0.284. The first kappa shape index (κ1) is 18.1. The molecule has 1 atom stereocenters. The molecular weight excluding hydrogens is 326 g/mol. The van der Waals surface area contributed by atoms with Crippen molar-refractivity contribution in [3.05, 3.63) is 59.7 Å². The van der Waals surface area contributed by atoms with E-state index in [4.69, 9.17) is 9.73 Å². The number of nitrogens with one attached hydrogen (secondary N) is 1. The molecule has 5 heteroatoms. The fourth-order valence-corrected chi connectivity index (χ4v) is 3.29. The lowest BCUT2D eigenvalue weighted by Crippen LogP contribution is -2.40. The van der Waals surface area contributed by atoms with E-state index in [-0.39, 0.29) is 5.75 Å². The molecule has 0 bridgehead atoms. The maximum atomic E-state index is 9.40. The second-order valence-corrected chi connectivity index (χ2v) is 6.54. The van der Waals surface area contributed by atoms with E-state index < -0.39 is 0 Å². The van der Waals surface area contributed by atoms with Crippen LogP contribution in [-0.4, -0.2) is 42.7 Å². The van der Waals surface area contributed by atoms with Crippen LogP contribution in [0.2, 0.25) is 0 Å². The summed E-state index contributed by atoms with van der Waals surface area (Å²) >= 11 is 0. The predicted octanol–water partition coefficient (Wildman–Crippen LogP) is 3.36. The van der Waals surface area contributed by atoms with E-state index in [1.54, 1.807) is 19.2 Å². The number of likely N-dealkylation sites (tertiary alicyclic amines) is 1. The zero-order valence-electron chi connectivity index (χ0n) is 15.5. The van der Waals surface area contributed by atoms with E-state index in [2.05, 4.69) is 29.3 Å². The third-order valence-corrected chi connectivity index (χ3v) is 4.76. The van der Waals surface area contributed by atoms with Gasteiger partial charge in [0.15, 0.2) is 5.96 Å². The number of ether oxygens (including phenoxy) is 1. The average Bonchev–Trinajstić information content (AvgIpc) is 3.16. The molecule has 1 unspecified atom stereocenters. The molecule has 138 valence electrons. The molecule has 0 aromatic heterocycles. The van der Waals surface area contributed by atoms with Crippen molar-refractivity contribution in [2.45, 2.75) is 25.8 Å². The fraction of sp³-hybridized carbons (Fsp3) is 0.381. The minimum Gasteiger partial charge on any atom is -0.508 e. The summed E-state index contributed by atoms with van der Waals surface area (Å²) in [6, 6.07) is 15.6. The third-order valence-electron chi connectivity index (χ3n) is 4.76. The van der Waals surface area contributed by atoms with Gasteiger partial charge >= 0.3 is 0 Å². The van der Waals surface area contributed by atoms with E-state index in [0.717, 1.165) is 43.3 Å². The Labute approximate surface area is 155 Å². The third kappa shape index (κ3) is 4.48. The monoisotopic (exact) mass is 353 g/mol. The lowest BCUT2D eigenvalue weighted by atomic mass is 9.98. The predicted molar refractivity (Wildman–Crippen MR) is 105 cm³/mol. The summed E-state index contributed by atoms with van der Waals surface area (Å²) in [6.07, 6.45) is 1.12. The van der Waals surface area contributed by atoms with Gasteiger partial charge in [-0.2, -0.15) is 0 Å². The van der Waals surface area contributed by atoms with Crippen LogP contribution in [0.5, 0.6) is 11.5 Å². The molecular formula is C21H27N3O2. The lowest BCUT2D eigenvalue weighted by molar-refractivity contribution is 0.414. The van der Waals surface area contributed by atoms with E-state index in [0.29, 0.717) is 12.5 Å². The van der Waals surface area contributed by atoms with Crippen molar-refractivity contribution in [1.82, 2.24) is 10.2 Å². The summed E-state index contributed by atoms with van der Waals surface area (Å²) in [6.45, 7) is 5.50. The number of phenols is 1. The Kier molecular flexibility index (Phi) is 6.00. The van der Waals surface area contributed by atoms with Gasteiger partial charge < -0.3 is 20.1 Å². The Morgan fingerprint density at radius 1 is 1.19 bits per heavy atom. The summed E-state index contributed by atoms with van der Waals surface area (Å²) in [5.74, 6) is 2.65. The SMILES string of the molecule is CCNC(=NCc1ccc(O)cc1)N1CCC(c2ccc(OC)cc2)C1. The number of benzene rings is 2. The van der Waals surface area contributed by atoms with E-state index in [1.807, 2.05) is 24.3 Å². The standard InChI is InChI=1S/C21H27N3O2/c1-3-22-21(23-14-16-4-8-19(25)9-5-16)24-13-12-18(15-24)17-6-10-20(26-2)11-7-17/h4-11,18,25H,3,12-15H2,1-2H3,(H,22,23).